The van der Waals surface area contributed by atoms with Crippen LogP contribution in [0.1, 0.15) is 26.2 Å². The van der Waals surface area contributed by atoms with E-state index in [9.17, 15) is 4.79 Å². The molecule has 0 aromatic heterocycles. The van der Waals surface area contributed by atoms with Gasteiger partial charge in [0, 0.05) is 6.54 Å². The highest BCUT2D eigenvalue weighted by Crippen LogP contribution is 1.96. The monoisotopic (exact) mass is 215 g/mol. The van der Waals surface area contributed by atoms with Gasteiger partial charge in [-0.05, 0) is 12.8 Å². The van der Waals surface area contributed by atoms with Crippen LogP contribution >= 0.6 is 0 Å². The van der Waals surface area contributed by atoms with Crippen molar-refractivity contribution in [3.8, 4) is 0 Å². The Bertz CT molecular complexity index is 183. The first-order chi connectivity index (χ1) is 7.22. The van der Waals surface area contributed by atoms with Crippen LogP contribution in [0, 0.1) is 0 Å². The van der Waals surface area contributed by atoms with Gasteiger partial charge in [-0.1, -0.05) is 19.4 Å². The van der Waals surface area contributed by atoms with Gasteiger partial charge in [-0.15, -0.1) is 6.58 Å². The summed E-state index contributed by atoms with van der Waals surface area (Å²) in [5.41, 5.74) is 0. The van der Waals surface area contributed by atoms with Gasteiger partial charge in [0.05, 0.1) is 13.2 Å². The molecule has 1 unspecified atom stereocenters. The van der Waals surface area contributed by atoms with Crippen molar-refractivity contribution in [2.45, 2.75) is 32.2 Å². The lowest BCUT2D eigenvalue weighted by atomic mass is 10.2. The van der Waals surface area contributed by atoms with Gasteiger partial charge in [-0.25, -0.2) is 0 Å². The van der Waals surface area contributed by atoms with Crippen LogP contribution in [-0.2, 0) is 9.53 Å². The largest absolute Gasteiger partial charge is 0.480 e. The Balaban J connectivity index is 3.45. The number of rotatable bonds is 10. The molecule has 15 heavy (non-hydrogen) atoms. The van der Waals surface area contributed by atoms with Gasteiger partial charge >= 0.3 is 5.97 Å². The first-order valence-corrected chi connectivity index (χ1v) is 5.37. The number of aliphatic carboxylic acids is 1. The number of carbonyl (C=O) groups is 1. The van der Waals surface area contributed by atoms with E-state index in [0.717, 1.165) is 12.8 Å². The van der Waals surface area contributed by atoms with E-state index in [1.165, 1.54) is 0 Å². The molecule has 2 N–H and O–H groups in total. The van der Waals surface area contributed by atoms with Crippen LogP contribution in [-0.4, -0.2) is 36.9 Å². The summed E-state index contributed by atoms with van der Waals surface area (Å²) in [6.45, 7) is 7.32. The summed E-state index contributed by atoms with van der Waals surface area (Å²) >= 11 is 0. The second-order valence-corrected chi connectivity index (χ2v) is 3.32. The molecule has 0 bridgehead atoms. The Hall–Kier alpha value is -0.870. The summed E-state index contributed by atoms with van der Waals surface area (Å²) in [6.07, 6.45) is 4.14. The maximum atomic E-state index is 10.7. The molecule has 0 fully saturated rings. The van der Waals surface area contributed by atoms with Crippen molar-refractivity contribution in [2.24, 2.45) is 0 Å². The molecular formula is C11H21NO3. The first-order valence-electron chi connectivity index (χ1n) is 5.37. The Morgan fingerprint density at radius 1 is 1.60 bits per heavy atom. The van der Waals surface area contributed by atoms with Gasteiger partial charge in [-0.2, -0.15) is 0 Å². The predicted octanol–water partition coefficient (Wildman–Crippen LogP) is 1.42. The lowest BCUT2D eigenvalue weighted by molar-refractivity contribution is -0.139. The average Bonchev–Trinajstić information content (AvgIpc) is 2.21. The number of carboxylic acids is 1. The first kappa shape index (κ1) is 14.1. The fourth-order valence-electron chi connectivity index (χ4n) is 1.18. The predicted molar refractivity (Wildman–Crippen MR) is 60.0 cm³/mol. The smallest absolute Gasteiger partial charge is 0.320 e. The highest BCUT2D eigenvalue weighted by atomic mass is 16.5. The molecule has 0 aliphatic carbocycles. The fourth-order valence-corrected chi connectivity index (χ4v) is 1.18. The number of nitrogens with one attached hydrogen (secondary N) is 1. The third kappa shape index (κ3) is 8.15. The normalized spacial score (nSPS) is 12.3. The average molecular weight is 215 g/mol. The van der Waals surface area contributed by atoms with Gasteiger partial charge in [0.1, 0.15) is 6.04 Å². The van der Waals surface area contributed by atoms with Crippen molar-refractivity contribution >= 4 is 5.97 Å². The molecule has 4 heteroatoms. The molecule has 0 aliphatic heterocycles. The maximum Gasteiger partial charge on any atom is 0.320 e. The van der Waals surface area contributed by atoms with E-state index in [-0.39, 0.29) is 0 Å². The lowest BCUT2D eigenvalue weighted by Gasteiger charge is -2.13. The molecular weight excluding hydrogens is 194 g/mol. The minimum Gasteiger partial charge on any atom is -0.480 e. The standard InChI is InChI=1S/C11H21NO3/c1-3-5-8-15-9-7-12-10(6-4-2)11(13)14/h3,10,12H,1,4-9H2,2H3,(H,13,14). The molecule has 0 amide bonds. The molecule has 0 radical (unpaired) electrons. The summed E-state index contributed by atoms with van der Waals surface area (Å²) < 4.78 is 5.26. The van der Waals surface area contributed by atoms with Crippen molar-refractivity contribution in [1.29, 1.82) is 0 Å². The highest BCUT2D eigenvalue weighted by Gasteiger charge is 2.14. The summed E-state index contributed by atoms with van der Waals surface area (Å²) in [6, 6.07) is -0.446. The molecule has 0 saturated heterocycles. The zero-order chi connectivity index (χ0) is 11.5. The molecule has 1 atom stereocenters. The van der Waals surface area contributed by atoms with Crippen LogP contribution in [0.25, 0.3) is 0 Å². The van der Waals surface area contributed by atoms with Crippen molar-refractivity contribution in [3.05, 3.63) is 12.7 Å². The molecule has 0 aromatic rings. The molecule has 0 aliphatic rings. The zero-order valence-corrected chi connectivity index (χ0v) is 9.37. The van der Waals surface area contributed by atoms with Crippen molar-refractivity contribution in [2.75, 3.05) is 19.8 Å². The van der Waals surface area contributed by atoms with E-state index in [0.29, 0.717) is 26.2 Å². The Kier molecular flexibility index (Phi) is 9.11. The topological polar surface area (TPSA) is 58.6 Å². The number of carboxylic acid groups (broad SMARTS) is 1. The molecule has 0 heterocycles. The van der Waals surface area contributed by atoms with Crippen LogP contribution in [0.15, 0.2) is 12.7 Å². The molecule has 0 rings (SSSR count). The minimum absolute atomic E-state index is 0.446. The van der Waals surface area contributed by atoms with E-state index in [4.69, 9.17) is 9.84 Å². The zero-order valence-electron chi connectivity index (χ0n) is 9.37. The SMILES string of the molecule is C=CCCOCCNC(CCC)C(=O)O. The highest BCUT2D eigenvalue weighted by molar-refractivity contribution is 5.73. The van der Waals surface area contributed by atoms with Crippen LogP contribution in [0.4, 0.5) is 0 Å². The summed E-state index contributed by atoms with van der Waals surface area (Å²) in [4.78, 5) is 10.7. The summed E-state index contributed by atoms with van der Waals surface area (Å²) in [7, 11) is 0. The Morgan fingerprint density at radius 3 is 2.87 bits per heavy atom. The van der Waals surface area contributed by atoms with Gasteiger partial charge < -0.3 is 15.2 Å². The number of hydrogen-bond acceptors (Lipinski definition) is 3. The maximum absolute atomic E-state index is 10.7. The molecule has 0 spiro atoms. The van der Waals surface area contributed by atoms with Crippen LogP contribution < -0.4 is 5.32 Å². The summed E-state index contributed by atoms with van der Waals surface area (Å²) in [5.74, 6) is -0.789. The quantitative estimate of drug-likeness (QED) is 0.427. The molecule has 4 nitrogen and oxygen atoms in total. The van der Waals surface area contributed by atoms with E-state index in [2.05, 4.69) is 11.9 Å². The third-order valence-corrected chi connectivity index (χ3v) is 1.98. The second-order valence-electron chi connectivity index (χ2n) is 3.32. The second kappa shape index (κ2) is 9.68. The summed E-state index contributed by atoms with van der Waals surface area (Å²) in [5, 5.41) is 11.8. The Morgan fingerprint density at radius 2 is 2.33 bits per heavy atom. The van der Waals surface area contributed by atoms with Gasteiger partial charge in [0.15, 0.2) is 0 Å². The van der Waals surface area contributed by atoms with Gasteiger partial charge in [0.2, 0.25) is 0 Å². The molecule has 0 aromatic carbocycles. The van der Waals surface area contributed by atoms with Gasteiger partial charge in [-0.3, -0.25) is 4.79 Å². The van der Waals surface area contributed by atoms with Crippen molar-refractivity contribution in [3.63, 3.8) is 0 Å². The molecule has 88 valence electrons. The van der Waals surface area contributed by atoms with Crippen LogP contribution in [0.5, 0.6) is 0 Å². The molecule has 0 saturated carbocycles. The lowest BCUT2D eigenvalue weighted by Crippen LogP contribution is -2.38. The van der Waals surface area contributed by atoms with E-state index in [1.807, 2.05) is 6.92 Å². The van der Waals surface area contributed by atoms with Gasteiger partial charge in [0.25, 0.3) is 0 Å². The van der Waals surface area contributed by atoms with Crippen LogP contribution in [0.3, 0.4) is 0 Å². The number of ether oxygens (including phenoxy) is 1. The number of hydrogen-bond donors (Lipinski definition) is 2. The third-order valence-electron chi connectivity index (χ3n) is 1.98. The van der Waals surface area contributed by atoms with Crippen LogP contribution in [0.2, 0.25) is 0 Å². The Labute approximate surface area is 91.3 Å². The van der Waals surface area contributed by atoms with Crippen molar-refractivity contribution < 1.29 is 14.6 Å². The van der Waals surface area contributed by atoms with E-state index in [1.54, 1.807) is 6.08 Å². The minimum atomic E-state index is -0.789. The van der Waals surface area contributed by atoms with E-state index >= 15 is 0 Å². The fraction of sp³-hybridized carbons (Fsp3) is 0.727. The van der Waals surface area contributed by atoms with Crippen molar-refractivity contribution in [1.82, 2.24) is 5.32 Å². The van der Waals surface area contributed by atoms with E-state index < -0.39 is 12.0 Å².